The third kappa shape index (κ3) is 3.81. The Morgan fingerprint density at radius 3 is 2.59 bits per heavy atom. The van der Waals surface area contributed by atoms with Crippen LogP contribution in [0.15, 0.2) is 42.5 Å². The number of hydrogen-bond acceptors (Lipinski definition) is 5. The Morgan fingerprint density at radius 2 is 1.89 bits per heavy atom. The van der Waals surface area contributed by atoms with Crippen LogP contribution in [0, 0.1) is 0 Å². The number of benzene rings is 2. The Hall–Kier alpha value is -3.22. The molecule has 0 spiro atoms. The van der Waals surface area contributed by atoms with Crippen molar-refractivity contribution >= 4 is 23.2 Å². The first-order chi connectivity index (χ1) is 13.1. The fraction of sp³-hybridized carbons (Fsp3) is 0.300. The summed E-state index contributed by atoms with van der Waals surface area (Å²) in [5.74, 6) is 1.14. The number of amides is 2. The molecule has 0 saturated carbocycles. The van der Waals surface area contributed by atoms with Gasteiger partial charge >= 0.3 is 0 Å². The number of carbonyl (C=O) groups excluding carboxylic acids is 2. The van der Waals surface area contributed by atoms with Crippen LogP contribution in [0.5, 0.6) is 17.2 Å². The Bertz CT molecular complexity index is 852. The lowest BCUT2D eigenvalue weighted by molar-refractivity contribution is -0.128. The van der Waals surface area contributed by atoms with Gasteiger partial charge in [-0.3, -0.25) is 14.5 Å². The monoisotopic (exact) mass is 370 g/mol. The molecule has 0 fully saturated rings. The minimum absolute atomic E-state index is 0.107. The summed E-state index contributed by atoms with van der Waals surface area (Å²) < 4.78 is 16.2. The van der Waals surface area contributed by atoms with Crippen molar-refractivity contribution < 1.29 is 23.8 Å². The van der Waals surface area contributed by atoms with E-state index in [4.69, 9.17) is 14.2 Å². The number of ether oxygens (including phenoxy) is 3. The Kier molecular flexibility index (Phi) is 5.49. The zero-order valence-electron chi connectivity index (χ0n) is 15.5. The normalized spacial score (nSPS) is 15.6. The largest absolute Gasteiger partial charge is 0.493 e. The second kappa shape index (κ2) is 7.99. The lowest BCUT2D eigenvalue weighted by atomic mass is 10.1. The van der Waals surface area contributed by atoms with Gasteiger partial charge in [-0.15, -0.1) is 0 Å². The molecule has 0 radical (unpaired) electrons. The SMILES string of the molecule is CCC1Oc2ccccc2N(CC(=O)Nc2ccc(OC)c(OC)c2)C1=O. The van der Waals surface area contributed by atoms with Gasteiger partial charge in [0, 0.05) is 11.8 Å². The average Bonchev–Trinajstić information content (AvgIpc) is 2.69. The number of hydrogen-bond donors (Lipinski definition) is 1. The molecule has 1 N–H and O–H groups in total. The van der Waals surface area contributed by atoms with Crippen molar-refractivity contribution in [3.8, 4) is 17.2 Å². The van der Waals surface area contributed by atoms with Gasteiger partial charge < -0.3 is 19.5 Å². The summed E-state index contributed by atoms with van der Waals surface area (Å²) in [6.45, 7) is 1.77. The lowest BCUT2D eigenvalue weighted by Gasteiger charge is -2.33. The molecule has 7 nitrogen and oxygen atoms in total. The molecule has 2 aromatic carbocycles. The average molecular weight is 370 g/mol. The summed E-state index contributed by atoms with van der Waals surface area (Å²) in [6.07, 6.45) is -0.0604. The van der Waals surface area contributed by atoms with Crippen LogP contribution in [0.2, 0.25) is 0 Å². The van der Waals surface area contributed by atoms with E-state index in [1.807, 2.05) is 13.0 Å². The summed E-state index contributed by atoms with van der Waals surface area (Å²) >= 11 is 0. The third-order valence-corrected chi connectivity index (χ3v) is 4.31. The predicted octanol–water partition coefficient (Wildman–Crippen LogP) is 2.85. The van der Waals surface area contributed by atoms with E-state index in [0.29, 0.717) is 35.0 Å². The standard InChI is InChI=1S/C20H22N2O5/c1-4-15-20(24)22(14-7-5-6-8-16(14)27-15)12-19(23)21-13-9-10-17(25-2)18(11-13)26-3/h5-11,15H,4,12H2,1-3H3,(H,21,23). The topological polar surface area (TPSA) is 77.1 Å². The van der Waals surface area contributed by atoms with E-state index in [9.17, 15) is 9.59 Å². The molecule has 27 heavy (non-hydrogen) atoms. The van der Waals surface area contributed by atoms with Crippen LogP contribution < -0.4 is 24.4 Å². The predicted molar refractivity (Wildman–Crippen MR) is 102 cm³/mol. The number of anilines is 2. The zero-order chi connectivity index (χ0) is 19.4. The lowest BCUT2D eigenvalue weighted by Crippen LogP contribution is -2.48. The van der Waals surface area contributed by atoms with Crippen molar-refractivity contribution in [2.24, 2.45) is 0 Å². The maximum Gasteiger partial charge on any atom is 0.268 e. The summed E-state index contributed by atoms with van der Waals surface area (Å²) in [5.41, 5.74) is 1.15. The number of fused-ring (bicyclic) bond motifs is 1. The van der Waals surface area contributed by atoms with Gasteiger partial charge in [0.25, 0.3) is 5.91 Å². The van der Waals surface area contributed by atoms with Gasteiger partial charge in [0.2, 0.25) is 5.91 Å². The molecule has 3 rings (SSSR count). The first-order valence-electron chi connectivity index (χ1n) is 8.66. The summed E-state index contributed by atoms with van der Waals surface area (Å²) in [6, 6.07) is 12.3. The van der Waals surface area contributed by atoms with Crippen molar-refractivity contribution in [3.05, 3.63) is 42.5 Å². The number of para-hydroxylation sites is 2. The molecular formula is C20H22N2O5. The van der Waals surface area contributed by atoms with E-state index >= 15 is 0 Å². The van der Waals surface area contributed by atoms with Crippen LogP contribution in [0.3, 0.4) is 0 Å². The van der Waals surface area contributed by atoms with Crippen LogP contribution in [-0.2, 0) is 9.59 Å². The van der Waals surface area contributed by atoms with Gasteiger partial charge in [0.1, 0.15) is 12.3 Å². The minimum atomic E-state index is -0.589. The van der Waals surface area contributed by atoms with Gasteiger partial charge in [-0.1, -0.05) is 19.1 Å². The molecule has 1 aliphatic heterocycles. The summed E-state index contributed by atoms with van der Waals surface area (Å²) in [4.78, 5) is 26.7. The van der Waals surface area contributed by atoms with Gasteiger partial charge in [-0.05, 0) is 30.7 Å². The van der Waals surface area contributed by atoms with E-state index in [1.54, 1.807) is 43.5 Å². The van der Waals surface area contributed by atoms with Crippen LogP contribution in [0.1, 0.15) is 13.3 Å². The van der Waals surface area contributed by atoms with Crippen molar-refractivity contribution in [2.75, 3.05) is 31.0 Å². The Labute approximate surface area is 157 Å². The highest BCUT2D eigenvalue weighted by atomic mass is 16.5. The van der Waals surface area contributed by atoms with Crippen LogP contribution in [0.25, 0.3) is 0 Å². The molecule has 1 heterocycles. The molecule has 1 atom stereocenters. The molecule has 7 heteroatoms. The highest BCUT2D eigenvalue weighted by molar-refractivity contribution is 6.06. The number of nitrogens with one attached hydrogen (secondary N) is 1. The van der Waals surface area contributed by atoms with Gasteiger partial charge in [0.05, 0.1) is 19.9 Å². The molecule has 1 aliphatic rings. The minimum Gasteiger partial charge on any atom is -0.493 e. The van der Waals surface area contributed by atoms with Crippen molar-refractivity contribution in [1.82, 2.24) is 0 Å². The quantitative estimate of drug-likeness (QED) is 0.846. The maximum atomic E-state index is 12.7. The molecule has 0 saturated heterocycles. The molecule has 0 aliphatic carbocycles. The second-order valence-electron chi connectivity index (χ2n) is 6.02. The molecule has 2 amide bonds. The molecule has 0 bridgehead atoms. The maximum absolute atomic E-state index is 12.7. The second-order valence-corrected chi connectivity index (χ2v) is 6.02. The van der Waals surface area contributed by atoms with E-state index in [1.165, 1.54) is 12.0 Å². The smallest absolute Gasteiger partial charge is 0.268 e. The van der Waals surface area contributed by atoms with Crippen molar-refractivity contribution in [3.63, 3.8) is 0 Å². The third-order valence-electron chi connectivity index (χ3n) is 4.31. The number of carbonyl (C=O) groups is 2. The van der Waals surface area contributed by atoms with E-state index in [-0.39, 0.29) is 18.4 Å². The number of rotatable bonds is 6. The number of methoxy groups -OCH3 is 2. The molecule has 2 aromatic rings. The highest BCUT2D eigenvalue weighted by Crippen LogP contribution is 2.34. The van der Waals surface area contributed by atoms with E-state index in [2.05, 4.69) is 5.32 Å². The summed E-state index contributed by atoms with van der Waals surface area (Å²) in [5, 5.41) is 2.79. The fourth-order valence-corrected chi connectivity index (χ4v) is 2.96. The number of nitrogens with zero attached hydrogens (tertiary/aromatic N) is 1. The Morgan fingerprint density at radius 1 is 1.15 bits per heavy atom. The summed E-state index contributed by atoms with van der Waals surface area (Å²) in [7, 11) is 3.07. The molecule has 1 unspecified atom stereocenters. The van der Waals surface area contributed by atoms with Crippen molar-refractivity contribution in [1.29, 1.82) is 0 Å². The molecule has 0 aromatic heterocycles. The molecule has 142 valence electrons. The Balaban J connectivity index is 1.78. The van der Waals surface area contributed by atoms with E-state index in [0.717, 1.165) is 0 Å². The van der Waals surface area contributed by atoms with Gasteiger partial charge in [-0.25, -0.2) is 0 Å². The first kappa shape index (κ1) is 18.6. The van der Waals surface area contributed by atoms with Crippen LogP contribution in [-0.4, -0.2) is 38.7 Å². The highest BCUT2D eigenvalue weighted by Gasteiger charge is 2.34. The molecular weight excluding hydrogens is 348 g/mol. The van der Waals surface area contributed by atoms with Crippen molar-refractivity contribution in [2.45, 2.75) is 19.4 Å². The van der Waals surface area contributed by atoms with Gasteiger partial charge in [-0.2, -0.15) is 0 Å². The van der Waals surface area contributed by atoms with E-state index < -0.39 is 6.10 Å². The van der Waals surface area contributed by atoms with Crippen LogP contribution >= 0.6 is 0 Å². The fourth-order valence-electron chi connectivity index (χ4n) is 2.96. The first-order valence-corrected chi connectivity index (χ1v) is 8.66. The van der Waals surface area contributed by atoms with Crippen LogP contribution in [0.4, 0.5) is 11.4 Å². The zero-order valence-corrected chi connectivity index (χ0v) is 15.5. The van der Waals surface area contributed by atoms with Gasteiger partial charge in [0.15, 0.2) is 17.6 Å².